The molecule has 1 rings (SSSR count). The van der Waals surface area contributed by atoms with Gasteiger partial charge >= 0.3 is 0 Å². The number of nitrogens with zero attached hydrogens (tertiary/aromatic N) is 1. The molecule has 0 aliphatic carbocycles. The quantitative estimate of drug-likeness (QED) is 0.494. The lowest BCUT2D eigenvalue weighted by Gasteiger charge is -2.22. The summed E-state index contributed by atoms with van der Waals surface area (Å²) < 4.78 is 6.29. The summed E-state index contributed by atoms with van der Waals surface area (Å²) in [5.74, 6) is 0.621. The van der Waals surface area contributed by atoms with E-state index in [0.29, 0.717) is 16.0 Å². The van der Waals surface area contributed by atoms with Gasteiger partial charge in [0.15, 0.2) is 5.75 Å². The van der Waals surface area contributed by atoms with Crippen LogP contribution in [0, 0.1) is 0 Å². The summed E-state index contributed by atoms with van der Waals surface area (Å²) in [6.07, 6.45) is 1.62. The predicted molar refractivity (Wildman–Crippen MR) is 65.3 cm³/mol. The average Bonchev–Trinajstić information content (AvgIpc) is 1.93. The van der Waals surface area contributed by atoms with E-state index in [-0.39, 0.29) is 5.30 Å². The van der Waals surface area contributed by atoms with Crippen LogP contribution in [0.4, 0.5) is 5.69 Å². The van der Waals surface area contributed by atoms with Crippen LogP contribution in [0.15, 0.2) is 16.9 Å². The summed E-state index contributed by atoms with van der Waals surface area (Å²) in [6, 6.07) is 1.72. The topological polar surface area (TPSA) is 48.1 Å². The Morgan fingerprint density at radius 1 is 1.46 bits per heavy atom. The van der Waals surface area contributed by atoms with Gasteiger partial charge in [0.1, 0.15) is 28.1 Å². The Bertz CT molecular complexity index is 315. The number of rotatable bonds is 2. The predicted octanol–water partition coefficient (Wildman–Crippen LogP) is -1.68. The van der Waals surface area contributed by atoms with Gasteiger partial charge in [0.25, 0.3) is 0 Å². The van der Waals surface area contributed by atoms with Gasteiger partial charge in [-0.15, -0.1) is 0 Å². The lowest BCUT2D eigenvalue weighted by molar-refractivity contribution is 0.319. The molecule has 1 aromatic rings. The smallest absolute Gasteiger partial charge is 0.158 e. The van der Waals surface area contributed by atoms with Crippen LogP contribution in [0.5, 0.6) is 5.75 Å². The zero-order valence-electron chi connectivity index (χ0n) is 7.97. The Kier molecular flexibility index (Phi) is 2.96. The molecule has 0 aliphatic heterocycles. The maximum atomic E-state index is 5.73. The number of nitrogens with two attached hydrogens (primary N) is 1. The van der Waals surface area contributed by atoms with Crippen LogP contribution in [-0.2, 0) is 0 Å². The van der Waals surface area contributed by atoms with E-state index in [1.807, 2.05) is 23.5 Å². The largest absolute Gasteiger partial charge is 0.510 e. The molecule has 0 radical (unpaired) electrons. The molecule has 0 aromatic carbocycles. The second kappa shape index (κ2) is 3.66. The molecular formula is C6H10B3BrN2O. The van der Waals surface area contributed by atoms with Crippen LogP contribution in [0.1, 0.15) is 0 Å². The van der Waals surface area contributed by atoms with Gasteiger partial charge in [0.2, 0.25) is 0 Å². The molecule has 66 valence electrons. The van der Waals surface area contributed by atoms with Crippen LogP contribution >= 0.6 is 15.9 Å². The van der Waals surface area contributed by atoms with Crippen LogP contribution in [0.3, 0.4) is 0 Å². The highest BCUT2D eigenvalue weighted by molar-refractivity contribution is 9.10. The minimum Gasteiger partial charge on any atom is -0.510 e. The van der Waals surface area contributed by atoms with Crippen LogP contribution in [0.2, 0.25) is 0 Å². The van der Waals surface area contributed by atoms with E-state index < -0.39 is 0 Å². The number of halogens is 1. The summed E-state index contributed by atoms with van der Waals surface area (Å²) in [7, 11) is 5.90. The highest BCUT2D eigenvalue weighted by atomic mass is 79.9. The number of hydrogen-bond acceptors (Lipinski definition) is 3. The first kappa shape index (κ1) is 10.5. The molecule has 0 unspecified atom stereocenters. The summed E-state index contributed by atoms with van der Waals surface area (Å²) in [6.45, 7) is 0. The van der Waals surface area contributed by atoms with Gasteiger partial charge in [-0.05, 0) is 22.0 Å². The van der Waals surface area contributed by atoms with Crippen LogP contribution in [-0.4, -0.2) is 33.8 Å². The lowest BCUT2D eigenvalue weighted by Crippen LogP contribution is -2.37. The van der Waals surface area contributed by atoms with Gasteiger partial charge in [-0.1, -0.05) is 0 Å². The SMILES string of the molecule is BC(B)(B)Oc1cnc(Br)cc1N. The van der Waals surface area contributed by atoms with Crippen molar-refractivity contribution in [1.29, 1.82) is 0 Å². The number of pyridine rings is 1. The molecule has 0 aliphatic rings. The molecule has 2 N–H and O–H groups in total. The Balaban J connectivity index is 2.90. The summed E-state index contributed by atoms with van der Waals surface area (Å²) in [5, 5.41) is -0.246. The van der Waals surface area contributed by atoms with Gasteiger partial charge in [0, 0.05) is 5.30 Å². The summed E-state index contributed by atoms with van der Waals surface area (Å²) in [5.41, 5.74) is 6.33. The standard InChI is InChI=1S/C6H10B3BrN2O/c7-6(8,9)13-4-2-12-5(10)1-3(4)11/h1-2H,7-9H2,(H2,11,12). The van der Waals surface area contributed by atoms with Crippen molar-refractivity contribution in [1.82, 2.24) is 4.98 Å². The first-order valence-electron chi connectivity index (χ1n) is 3.98. The highest BCUT2D eigenvalue weighted by Gasteiger charge is 2.14. The number of hydrogen-bond donors (Lipinski definition) is 1. The molecule has 1 aromatic heterocycles. The van der Waals surface area contributed by atoms with Crippen molar-refractivity contribution in [3.05, 3.63) is 16.9 Å². The van der Waals surface area contributed by atoms with Gasteiger partial charge in [-0.25, -0.2) is 4.98 Å². The van der Waals surface area contributed by atoms with Crippen molar-refractivity contribution >= 4 is 45.2 Å². The third-order valence-electron chi connectivity index (χ3n) is 1.28. The van der Waals surface area contributed by atoms with E-state index >= 15 is 0 Å². The van der Waals surface area contributed by atoms with E-state index in [1.54, 1.807) is 12.3 Å². The zero-order valence-corrected chi connectivity index (χ0v) is 9.55. The van der Waals surface area contributed by atoms with Crippen molar-refractivity contribution in [2.24, 2.45) is 0 Å². The Labute approximate surface area is 88.8 Å². The maximum absolute atomic E-state index is 5.73. The van der Waals surface area contributed by atoms with Gasteiger partial charge < -0.3 is 10.5 Å². The fourth-order valence-electron chi connectivity index (χ4n) is 0.847. The first-order valence-corrected chi connectivity index (χ1v) is 4.78. The van der Waals surface area contributed by atoms with Crippen LogP contribution < -0.4 is 10.5 Å². The monoisotopic (exact) mass is 238 g/mol. The molecular weight excluding hydrogens is 228 g/mol. The molecule has 0 spiro atoms. The van der Waals surface area contributed by atoms with Crippen molar-refractivity contribution in [3.63, 3.8) is 0 Å². The number of nitrogen functional groups attached to an aromatic ring is 1. The fourth-order valence-corrected chi connectivity index (χ4v) is 1.20. The fraction of sp³-hybridized carbons (Fsp3) is 0.167. The van der Waals surface area contributed by atoms with Crippen molar-refractivity contribution < 1.29 is 4.74 Å². The molecule has 0 amide bonds. The minimum absolute atomic E-state index is 0.246. The van der Waals surface area contributed by atoms with Gasteiger partial charge in [-0.3, -0.25) is 0 Å². The Hall–Kier alpha value is -0.575. The molecule has 13 heavy (non-hydrogen) atoms. The Morgan fingerprint density at radius 3 is 2.54 bits per heavy atom. The van der Waals surface area contributed by atoms with E-state index in [9.17, 15) is 0 Å². The first-order chi connectivity index (χ1) is 5.88. The maximum Gasteiger partial charge on any atom is 0.158 e. The highest BCUT2D eigenvalue weighted by Crippen LogP contribution is 2.24. The number of anilines is 1. The average molecular weight is 238 g/mol. The van der Waals surface area contributed by atoms with Gasteiger partial charge in [-0.2, -0.15) is 0 Å². The Morgan fingerprint density at radius 2 is 2.08 bits per heavy atom. The van der Waals surface area contributed by atoms with E-state index in [2.05, 4.69) is 20.9 Å². The molecule has 0 fully saturated rings. The molecule has 0 saturated heterocycles. The molecule has 0 saturated carbocycles. The molecule has 3 nitrogen and oxygen atoms in total. The van der Waals surface area contributed by atoms with E-state index in [1.165, 1.54) is 0 Å². The number of ether oxygens (including phenoxy) is 1. The molecule has 7 heteroatoms. The third-order valence-corrected chi connectivity index (χ3v) is 1.71. The lowest BCUT2D eigenvalue weighted by atomic mass is 9.52. The molecule has 0 atom stereocenters. The summed E-state index contributed by atoms with van der Waals surface area (Å²) >= 11 is 3.23. The molecule has 0 bridgehead atoms. The summed E-state index contributed by atoms with van der Waals surface area (Å²) in [4.78, 5) is 4.04. The van der Waals surface area contributed by atoms with E-state index in [0.717, 1.165) is 0 Å². The van der Waals surface area contributed by atoms with Crippen LogP contribution in [0.25, 0.3) is 0 Å². The third kappa shape index (κ3) is 3.34. The van der Waals surface area contributed by atoms with E-state index in [4.69, 9.17) is 10.5 Å². The van der Waals surface area contributed by atoms with Crippen molar-refractivity contribution in [2.45, 2.75) is 5.30 Å². The van der Waals surface area contributed by atoms with Crippen molar-refractivity contribution in [3.8, 4) is 5.75 Å². The normalized spacial score (nSPS) is 11.2. The second-order valence-corrected chi connectivity index (χ2v) is 4.57. The minimum atomic E-state index is -0.246. The number of aromatic nitrogens is 1. The van der Waals surface area contributed by atoms with Crippen molar-refractivity contribution in [2.75, 3.05) is 5.73 Å². The van der Waals surface area contributed by atoms with Gasteiger partial charge in [0.05, 0.1) is 11.9 Å². The second-order valence-electron chi connectivity index (χ2n) is 3.76. The zero-order chi connectivity index (χ0) is 10.1. The molecule has 1 heterocycles.